The second kappa shape index (κ2) is 26.4. The van der Waals surface area contributed by atoms with Gasteiger partial charge >= 0.3 is 52.4 Å². The van der Waals surface area contributed by atoms with Crippen LogP contribution in [0.5, 0.6) is 0 Å². The Hall–Kier alpha value is -3.37. The van der Waals surface area contributed by atoms with Gasteiger partial charge in [-0.05, 0) is 0 Å². The van der Waals surface area contributed by atoms with Gasteiger partial charge in [0, 0.05) is 0 Å². The molecule has 270 valence electrons. The van der Waals surface area contributed by atoms with Crippen LogP contribution in [-0.4, -0.2) is 0 Å². The zero-order valence-corrected chi connectivity index (χ0v) is 37.8. The van der Waals surface area contributed by atoms with E-state index in [1.165, 1.54) is 64.6 Å². The Bertz CT molecular complexity index is 2120. The summed E-state index contributed by atoms with van der Waals surface area (Å²) >= 11 is 0. The molecule has 0 spiro atoms. The first kappa shape index (κ1) is 48.6. The van der Waals surface area contributed by atoms with Crippen LogP contribution in [0.25, 0.3) is 64.6 Å². The third-order valence-electron chi connectivity index (χ3n) is 8.14. The van der Waals surface area contributed by atoms with Crippen LogP contribution in [0.2, 0.25) is 0 Å². The summed E-state index contributed by atoms with van der Waals surface area (Å²) in [5, 5.41) is 16.1. The predicted molar refractivity (Wildman–Crippen MR) is 224 cm³/mol. The molecule has 0 aliphatic carbocycles. The predicted octanol–water partition coefficient (Wildman–Crippen LogP) is 9.01. The standard InChI is InChI=1S/2C13H9.2C9H7.2C3H7.2ClH.2Zr/c2*1-3-7-12-10(5-1)9-11-6-2-4-8-13(11)12;2*1-2-5-9-7-3-6-8(9)4-1;2*1-3-2;;;;/h2*1-9H;2*1-7H;2*3H,1-2H3;2*1H;;/q6*-1;;;2*+3/p-2. The van der Waals surface area contributed by atoms with E-state index in [9.17, 15) is 0 Å². The maximum atomic E-state index is 2.24. The molecule has 4 heteroatoms. The Morgan fingerprint density at radius 1 is 0.315 bits per heavy atom. The molecule has 0 unspecified atom stereocenters. The Morgan fingerprint density at radius 2 is 0.537 bits per heavy atom. The quantitative estimate of drug-likeness (QED) is 0.134. The van der Waals surface area contributed by atoms with Crippen molar-refractivity contribution in [2.45, 2.75) is 27.7 Å². The van der Waals surface area contributed by atoms with Gasteiger partial charge < -0.3 is 37.7 Å². The number of benzene rings is 6. The summed E-state index contributed by atoms with van der Waals surface area (Å²) in [4.78, 5) is 0. The fraction of sp³-hybridized carbons (Fsp3) is 0.0800. The molecule has 0 aliphatic rings. The molecule has 0 N–H and O–H groups in total. The summed E-state index contributed by atoms with van der Waals surface area (Å²) in [5.41, 5.74) is 0. The molecule has 0 aromatic heterocycles. The summed E-state index contributed by atoms with van der Waals surface area (Å²) in [5.74, 6) is 0. The average Bonchev–Trinajstić information content (AvgIpc) is 3.97. The van der Waals surface area contributed by atoms with E-state index >= 15 is 0 Å². The van der Waals surface area contributed by atoms with Crippen molar-refractivity contribution in [1.29, 1.82) is 0 Å². The Labute approximate surface area is 373 Å². The molecule has 0 saturated carbocycles. The molecule has 0 atom stereocenters. The van der Waals surface area contributed by atoms with Crippen LogP contribution < -0.4 is 24.8 Å². The van der Waals surface area contributed by atoms with Crippen molar-refractivity contribution < 1.29 is 77.2 Å². The summed E-state index contributed by atoms with van der Waals surface area (Å²) in [6.07, 6.45) is 4.00. The minimum absolute atomic E-state index is 0. The van der Waals surface area contributed by atoms with Crippen molar-refractivity contribution in [3.05, 3.63) is 207 Å². The van der Waals surface area contributed by atoms with E-state index in [2.05, 4.69) is 194 Å². The maximum Gasteiger partial charge on any atom is 3.00 e. The van der Waals surface area contributed by atoms with Crippen LogP contribution >= 0.6 is 0 Å². The number of halogens is 2. The van der Waals surface area contributed by atoms with E-state index in [-0.39, 0.29) is 77.2 Å². The number of hydrogen-bond donors (Lipinski definition) is 0. The zero-order valence-electron chi connectivity index (χ0n) is 31.4. The van der Waals surface area contributed by atoms with Gasteiger partial charge in [-0.1, -0.05) is 84.9 Å². The fourth-order valence-electron chi connectivity index (χ4n) is 5.95. The van der Waals surface area contributed by atoms with Gasteiger partial charge in [0.2, 0.25) is 0 Å². The Balaban J connectivity index is 0.000000339. The minimum atomic E-state index is 0. The SMILES string of the molecule is C[CH-]C.C[CH-]C.[Cl-].[Cl-].[Zr+3].[Zr+3].c1ccc2[cH-]ccc2c1.c1ccc2[cH-]ccc2c1.c1ccc2c(c1)[cH-]c1ccccc12.c1ccc2c(c1)[cH-]c1ccccc12. The van der Waals surface area contributed by atoms with E-state index in [4.69, 9.17) is 0 Å². The summed E-state index contributed by atoms with van der Waals surface area (Å²) in [6.45, 7) is 8.00. The van der Waals surface area contributed by atoms with E-state index in [1.54, 1.807) is 0 Å². The molecule has 0 aliphatic heterocycles. The number of fused-ring (bicyclic) bond motifs is 8. The molecule has 10 aromatic carbocycles. The third kappa shape index (κ3) is 13.4. The second-order valence-corrected chi connectivity index (χ2v) is 12.1. The van der Waals surface area contributed by atoms with Gasteiger partial charge in [-0.25, -0.2) is 0 Å². The fourth-order valence-corrected chi connectivity index (χ4v) is 5.95. The van der Waals surface area contributed by atoms with Crippen molar-refractivity contribution in [3.63, 3.8) is 0 Å². The molecule has 54 heavy (non-hydrogen) atoms. The second-order valence-electron chi connectivity index (χ2n) is 12.1. The number of rotatable bonds is 0. The molecule has 0 fully saturated rings. The van der Waals surface area contributed by atoms with Crippen molar-refractivity contribution >= 4 is 64.6 Å². The van der Waals surface area contributed by atoms with Crippen LogP contribution in [0.1, 0.15) is 27.7 Å². The molecular weight excluding hydrogens is 854 g/mol. The van der Waals surface area contributed by atoms with Crippen LogP contribution in [0.15, 0.2) is 194 Å². The van der Waals surface area contributed by atoms with E-state index in [0.717, 1.165) is 0 Å². The molecule has 0 nitrogen and oxygen atoms in total. The van der Waals surface area contributed by atoms with Gasteiger partial charge in [0.15, 0.2) is 0 Å². The van der Waals surface area contributed by atoms with Gasteiger partial charge in [-0.15, -0.1) is 139 Å². The molecular formula is C50H46Cl2Zr2-2. The summed E-state index contributed by atoms with van der Waals surface area (Å²) in [7, 11) is 0. The van der Waals surface area contributed by atoms with Gasteiger partial charge in [0.05, 0.1) is 0 Å². The van der Waals surface area contributed by atoms with Crippen LogP contribution in [0.3, 0.4) is 0 Å². The van der Waals surface area contributed by atoms with Gasteiger partial charge in [0.1, 0.15) is 0 Å². The molecule has 0 saturated heterocycles. The van der Waals surface area contributed by atoms with Crippen LogP contribution in [-0.2, 0) is 52.4 Å². The zero-order chi connectivity index (χ0) is 35.0. The first-order chi connectivity index (χ1) is 24.7. The van der Waals surface area contributed by atoms with Crippen molar-refractivity contribution in [2.24, 2.45) is 0 Å². The topological polar surface area (TPSA) is 0 Å². The summed E-state index contributed by atoms with van der Waals surface area (Å²) < 4.78 is 0. The minimum Gasteiger partial charge on any atom is -1.00 e. The van der Waals surface area contributed by atoms with Gasteiger partial charge in [-0.3, -0.25) is 0 Å². The first-order valence-electron chi connectivity index (χ1n) is 17.4. The molecule has 2 radical (unpaired) electrons. The van der Waals surface area contributed by atoms with Crippen LogP contribution in [0, 0.1) is 12.8 Å². The largest absolute Gasteiger partial charge is 3.00 e. The normalized spacial score (nSPS) is 9.41. The van der Waals surface area contributed by atoms with E-state index in [0.29, 0.717) is 0 Å². The molecule has 10 rings (SSSR count). The first-order valence-corrected chi connectivity index (χ1v) is 17.4. The van der Waals surface area contributed by atoms with Gasteiger partial charge in [-0.2, -0.15) is 62.7 Å². The molecule has 10 aromatic rings. The molecule has 0 heterocycles. The maximum absolute atomic E-state index is 2.24. The average molecular weight is 900 g/mol. The number of hydrogen-bond acceptors (Lipinski definition) is 0. The summed E-state index contributed by atoms with van der Waals surface area (Å²) in [6, 6.07) is 67.9. The van der Waals surface area contributed by atoms with Crippen molar-refractivity contribution in [1.82, 2.24) is 0 Å². The monoisotopic (exact) mass is 896 g/mol. The third-order valence-corrected chi connectivity index (χ3v) is 8.14. The Morgan fingerprint density at radius 3 is 0.796 bits per heavy atom. The van der Waals surface area contributed by atoms with Crippen molar-refractivity contribution in [3.8, 4) is 0 Å². The molecule has 0 bridgehead atoms. The van der Waals surface area contributed by atoms with E-state index < -0.39 is 0 Å². The molecule has 0 amide bonds. The van der Waals surface area contributed by atoms with Crippen LogP contribution in [0.4, 0.5) is 0 Å². The van der Waals surface area contributed by atoms with E-state index in [1.807, 2.05) is 40.5 Å². The van der Waals surface area contributed by atoms with Crippen molar-refractivity contribution in [2.75, 3.05) is 0 Å². The van der Waals surface area contributed by atoms with Gasteiger partial charge in [0.25, 0.3) is 0 Å². The smallest absolute Gasteiger partial charge is 1.00 e. The Kier molecular flexibility index (Phi) is 23.8.